The number of halogens is 1. The second kappa shape index (κ2) is 7.67. The third kappa shape index (κ3) is 5.53. The highest BCUT2D eigenvalue weighted by Gasteiger charge is 2.27. The predicted molar refractivity (Wildman–Crippen MR) is 87.1 cm³/mol. The highest BCUT2D eigenvalue weighted by Crippen LogP contribution is 2.29. The molecule has 0 aliphatic heterocycles. The van der Waals surface area contributed by atoms with Crippen molar-refractivity contribution >= 4 is 27.6 Å². The lowest BCUT2D eigenvalue weighted by Crippen LogP contribution is -2.28. The van der Waals surface area contributed by atoms with E-state index in [4.69, 9.17) is 10.5 Å². The van der Waals surface area contributed by atoms with Gasteiger partial charge in [-0.2, -0.15) is 0 Å². The largest absolute Gasteiger partial charge is 0.459 e. The van der Waals surface area contributed by atoms with Gasteiger partial charge in [-0.1, -0.05) is 40.5 Å². The number of carbonyl (C=O) groups is 1. The van der Waals surface area contributed by atoms with Crippen molar-refractivity contribution in [2.45, 2.75) is 51.6 Å². The molecule has 0 spiro atoms. The van der Waals surface area contributed by atoms with Crippen LogP contribution in [-0.2, 0) is 9.53 Å². The van der Waals surface area contributed by atoms with Crippen molar-refractivity contribution in [3.05, 3.63) is 29.8 Å². The van der Waals surface area contributed by atoms with Crippen molar-refractivity contribution in [1.82, 2.24) is 0 Å². The summed E-state index contributed by atoms with van der Waals surface area (Å²) in [7, 11) is 0. The minimum absolute atomic E-state index is 0.190. The first-order valence-corrected chi connectivity index (χ1v) is 8.10. The van der Waals surface area contributed by atoms with Gasteiger partial charge in [0.05, 0.1) is 5.92 Å². The van der Waals surface area contributed by atoms with Crippen molar-refractivity contribution in [3.63, 3.8) is 0 Å². The van der Waals surface area contributed by atoms with Gasteiger partial charge < -0.3 is 10.5 Å². The number of benzene rings is 1. The number of ether oxygens (including phenoxy) is 1. The number of nitrogens with two attached hydrogens (primary N) is 1. The maximum Gasteiger partial charge on any atom is 0.314 e. The number of unbranched alkanes of at least 4 members (excludes halogenated alkanes) is 1. The van der Waals surface area contributed by atoms with Crippen LogP contribution in [0.15, 0.2) is 24.3 Å². The lowest BCUT2D eigenvalue weighted by Gasteiger charge is -2.25. The molecule has 1 rings (SSSR count). The Morgan fingerprint density at radius 1 is 1.30 bits per heavy atom. The fourth-order valence-electron chi connectivity index (χ4n) is 2.04. The first-order chi connectivity index (χ1) is 9.35. The van der Waals surface area contributed by atoms with E-state index in [9.17, 15) is 4.79 Å². The molecule has 1 unspecified atom stereocenters. The van der Waals surface area contributed by atoms with E-state index in [1.54, 1.807) is 0 Å². The molecule has 1 aromatic rings. The van der Waals surface area contributed by atoms with Gasteiger partial charge in [0.1, 0.15) is 5.60 Å². The summed E-state index contributed by atoms with van der Waals surface area (Å²) in [6.45, 7) is 5.65. The van der Waals surface area contributed by atoms with Crippen molar-refractivity contribution in [1.29, 1.82) is 0 Å². The summed E-state index contributed by atoms with van der Waals surface area (Å²) in [6, 6.07) is 7.53. The van der Waals surface area contributed by atoms with Gasteiger partial charge in [0, 0.05) is 11.0 Å². The van der Waals surface area contributed by atoms with Crippen LogP contribution in [0.1, 0.15) is 51.5 Å². The van der Waals surface area contributed by atoms with Crippen LogP contribution in [0.5, 0.6) is 0 Å². The normalized spacial score (nSPS) is 13.0. The molecule has 0 amide bonds. The van der Waals surface area contributed by atoms with E-state index in [0.717, 1.165) is 30.2 Å². The van der Waals surface area contributed by atoms with Crippen LogP contribution in [0.3, 0.4) is 0 Å². The molecule has 0 bridgehead atoms. The first-order valence-electron chi connectivity index (χ1n) is 6.98. The monoisotopic (exact) mass is 341 g/mol. The molecule has 0 radical (unpaired) electrons. The van der Waals surface area contributed by atoms with E-state index in [1.165, 1.54) is 0 Å². The molecule has 20 heavy (non-hydrogen) atoms. The second-order valence-corrected chi connectivity index (χ2v) is 6.69. The van der Waals surface area contributed by atoms with E-state index in [1.807, 2.05) is 45.0 Å². The highest BCUT2D eigenvalue weighted by molar-refractivity contribution is 9.09. The fourth-order valence-corrected chi connectivity index (χ4v) is 2.44. The van der Waals surface area contributed by atoms with E-state index >= 15 is 0 Å². The number of carbonyl (C=O) groups excluding carboxylic acids is 1. The van der Waals surface area contributed by atoms with Crippen molar-refractivity contribution in [2.75, 3.05) is 11.1 Å². The smallest absolute Gasteiger partial charge is 0.314 e. The Balaban J connectivity index is 2.90. The van der Waals surface area contributed by atoms with Crippen LogP contribution in [-0.4, -0.2) is 16.9 Å². The molecule has 0 fully saturated rings. The van der Waals surface area contributed by atoms with Gasteiger partial charge >= 0.3 is 5.97 Å². The Hall–Kier alpha value is -1.03. The predicted octanol–water partition coefficient (Wildman–Crippen LogP) is 4.26. The average molecular weight is 342 g/mol. The molecule has 2 N–H and O–H groups in total. The highest BCUT2D eigenvalue weighted by atomic mass is 79.9. The molecule has 0 aliphatic rings. The van der Waals surface area contributed by atoms with Gasteiger partial charge in [0.2, 0.25) is 0 Å². The zero-order valence-corrected chi connectivity index (χ0v) is 14.1. The minimum Gasteiger partial charge on any atom is -0.459 e. The summed E-state index contributed by atoms with van der Waals surface area (Å²) in [5, 5.41) is 0.943. The summed E-state index contributed by atoms with van der Waals surface area (Å²) in [6.07, 6.45) is 2.75. The molecule has 3 nitrogen and oxygen atoms in total. The lowest BCUT2D eigenvalue weighted by molar-refractivity contribution is -0.157. The van der Waals surface area contributed by atoms with E-state index in [2.05, 4.69) is 15.9 Å². The number of anilines is 1. The summed E-state index contributed by atoms with van der Waals surface area (Å²) in [5.74, 6) is -0.473. The maximum absolute atomic E-state index is 12.4. The van der Waals surface area contributed by atoms with E-state index < -0.39 is 5.60 Å². The number of rotatable bonds is 6. The fraction of sp³-hybridized carbons (Fsp3) is 0.562. The third-order valence-corrected chi connectivity index (χ3v) is 3.50. The number of esters is 1. The Kier molecular flexibility index (Phi) is 6.53. The summed E-state index contributed by atoms with van der Waals surface area (Å²) in [4.78, 5) is 12.4. The van der Waals surface area contributed by atoms with Crippen LogP contribution < -0.4 is 5.73 Å². The molecule has 0 heterocycles. The number of para-hydroxylation sites is 1. The Labute approximate surface area is 130 Å². The number of nitrogen functional groups attached to an aromatic ring is 1. The standard InChI is InChI=1S/C16H24BrNO2/c1-16(2,3)20-15(19)13(9-6-7-11-17)12-8-4-5-10-14(12)18/h4-5,8,10,13H,6-7,9,11,18H2,1-3H3. The van der Waals surface area contributed by atoms with Crippen LogP contribution in [0.2, 0.25) is 0 Å². The Morgan fingerprint density at radius 2 is 1.95 bits per heavy atom. The first kappa shape index (κ1) is 17.0. The van der Waals surface area contributed by atoms with Gasteiger partial charge in [0.25, 0.3) is 0 Å². The Morgan fingerprint density at radius 3 is 2.50 bits per heavy atom. The second-order valence-electron chi connectivity index (χ2n) is 5.90. The average Bonchev–Trinajstić information content (AvgIpc) is 2.34. The molecular formula is C16H24BrNO2. The molecule has 0 aliphatic carbocycles. The van der Waals surface area contributed by atoms with Gasteiger partial charge in [-0.05, 0) is 45.2 Å². The summed E-state index contributed by atoms with van der Waals surface area (Å²) in [5.41, 5.74) is 7.06. The van der Waals surface area contributed by atoms with Gasteiger partial charge in [-0.25, -0.2) is 0 Å². The minimum atomic E-state index is -0.478. The van der Waals surface area contributed by atoms with Crippen molar-refractivity contribution in [3.8, 4) is 0 Å². The van der Waals surface area contributed by atoms with Crippen molar-refractivity contribution in [2.24, 2.45) is 0 Å². The van der Waals surface area contributed by atoms with Crippen molar-refractivity contribution < 1.29 is 9.53 Å². The molecule has 0 aromatic heterocycles. The quantitative estimate of drug-likeness (QED) is 0.364. The summed E-state index contributed by atoms with van der Waals surface area (Å²) < 4.78 is 5.53. The van der Waals surface area contributed by atoms with Crippen LogP contribution in [0.25, 0.3) is 0 Å². The molecule has 4 heteroatoms. The van der Waals surface area contributed by atoms with Crippen LogP contribution in [0, 0.1) is 0 Å². The summed E-state index contributed by atoms with van der Waals surface area (Å²) >= 11 is 3.42. The Bertz CT molecular complexity index is 440. The molecule has 0 saturated heterocycles. The van der Waals surface area contributed by atoms with Gasteiger partial charge in [0.15, 0.2) is 0 Å². The van der Waals surface area contributed by atoms with E-state index in [0.29, 0.717) is 5.69 Å². The number of hydrogen-bond donors (Lipinski definition) is 1. The van der Waals surface area contributed by atoms with Gasteiger partial charge in [-0.15, -0.1) is 0 Å². The number of alkyl halides is 1. The zero-order valence-electron chi connectivity index (χ0n) is 12.5. The topological polar surface area (TPSA) is 52.3 Å². The maximum atomic E-state index is 12.4. The zero-order chi connectivity index (χ0) is 15.2. The SMILES string of the molecule is CC(C)(C)OC(=O)C(CCCCBr)c1ccccc1N. The van der Waals surface area contributed by atoms with Crippen LogP contribution in [0.4, 0.5) is 5.69 Å². The lowest BCUT2D eigenvalue weighted by atomic mass is 9.92. The molecule has 0 saturated carbocycles. The van der Waals surface area contributed by atoms with Crippen LogP contribution >= 0.6 is 15.9 Å². The van der Waals surface area contributed by atoms with Gasteiger partial charge in [-0.3, -0.25) is 4.79 Å². The molecule has 1 atom stereocenters. The molecular weight excluding hydrogens is 318 g/mol. The third-order valence-electron chi connectivity index (χ3n) is 2.94. The molecule has 1 aromatic carbocycles. The number of hydrogen-bond acceptors (Lipinski definition) is 3. The van der Waals surface area contributed by atoms with E-state index in [-0.39, 0.29) is 11.9 Å². The molecule has 112 valence electrons.